The predicted molar refractivity (Wildman–Crippen MR) is 132 cm³/mol. The quantitative estimate of drug-likeness (QED) is 0.343. The van der Waals surface area contributed by atoms with E-state index in [2.05, 4.69) is 19.7 Å². The molecule has 202 valence electrons. The molecule has 10 nitrogen and oxygen atoms in total. The average molecular weight is 541 g/mol. The molecule has 0 saturated carbocycles. The smallest absolute Gasteiger partial charge is 0.335 e. The Balaban J connectivity index is 1.77. The van der Waals surface area contributed by atoms with Crippen LogP contribution in [0.4, 0.5) is 18.9 Å². The van der Waals surface area contributed by atoms with Gasteiger partial charge in [0.25, 0.3) is 5.88 Å². The summed E-state index contributed by atoms with van der Waals surface area (Å²) in [5, 5.41) is 0. The lowest BCUT2D eigenvalue weighted by Crippen LogP contribution is -2.51. The predicted octanol–water partition coefficient (Wildman–Crippen LogP) is 3.03. The number of pyridine rings is 1. The van der Waals surface area contributed by atoms with E-state index in [1.807, 2.05) is 0 Å². The fourth-order valence-corrected chi connectivity index (χ4v) is 3.58. The fourth-order valence-electron chi connectivity index (χ4n) is 3.58. The van der Waals surface area contributed by atoms with Crippen molar-refractivity contribution in [1.29, 1.82) is 0 Å². The van der Waals surface area contributed by atoms with Gasteiger partial charge < -0.3 is 9.47 Å². The van der Waals surface area contributed by atoms with Crippen molar-refractivity contribution in [3.8, 4) is 11.6 Å². The lowest BCUT2D eigenvalue weighted by molar-refractivity contribution is -0.145. The van der Waals surface area contributed by atoms with Gasteiger partial charge in [-0.25, -0.2) is 37.3 Å². The Morgan fingerprint density at radius 1 is 1.05 bits per heavy atom. The Labute approximate surface area is 218 Å². The van der Waals surface area contributed by atoms with Crippen LogP contribution >= 0.6 is 0 Å². The summed E-state index contributed by atoms with van der Waals surface area (Å²) in [6.07, 6.45) is 1.37. The fraction of sp³-hybridized carbons (Fsp3) is 0.192. The number of aromatic nitrogens is 4. The van der Waals surface area contributed by atoms with Crippen LogP contribution in [0.2, 0.25) is 0 Å². The zero-order chi connectivity index (χ0) is 28.1. The monoisotopic (exact) mass is 541 g/mol. The van der Waals surface area contributed by atoms with Crippen LogP contribution in [0.3, 0.4) is 0 Å². The largest absolute Gasteiger partial charge is 0.469 e. The summed E-state index contributed by atoms with van der Waals surface area (Å²) in [6, 6.07) is 11.4. The number of hydrogen-bond acceptors (Lipinski definition) is 7. The van der Waals surface area contributed by atoms with Crippen molar-refractivity contribution in [2.45, 2.75) is 20.0 Å². The van der Waals surface area contributed by atoms with Crippen molar-refractivity contribution in [1.82, 2.24) is 19.1 Å². The molecule has 4 aromatic rings. The second-order valence-electron chi connectivity index (χ2n) is 8.39. The van der Waals surface area contributed by atoms with Crippen LogP contribution in [0.15, 0.2) is 75.4 Å². The molecular formula is C26H22F3N5O5. The topological polar surface area (TPSA) is 121 Å². The molecule has 0 amide bonds. The molecule has 1 N–H and O–H groups in total. The molecule has 0 bridgehead atoms. The molecule has 0 aliphatic rings. The van der Waals surface area contributed by atoms with Gasteiger partial charge >= 0.3 is 17.3 Å². The lowest BCUT2D eigenvalue weighted by Gasteiger charge is -2.14. The Morgan fingerprint density at radius 3 is 2.46 bits per heavy atom. The molecule has 0 radical (unpaired) electrons. The molecule has 13 heteroatoms. The summed E-state index contributed by atoms with van der Waals surface area (Å²) in [7, 11) is 1.18. The van der Waals surface area contributed by atoms with Crippen molar-refractivity contribution >= 4 is 11.7 Å². The van der Waals surface area contributed by atoms with E-state index in [4.69, 9.17) is 4.74 Å². The number of methoxy groups -OCH3 is 1. The van der Waals surface area contributed by atoms with Crippen LogP contribution in [0, 0.1) is 23.4 Å². The third kappa shape index (κ3) is 6.32. The summed E-state index contributed by atoms with van der Waals surface area (Å²) < 4.78 is 53.5. The molecule has 2 aromatic heterocycles. The third-order valence-corrected chi connectivity index (χ3v) is 5.60. The number of nitrogens with zero attached hydrogens (tertiary/aromatic N) is 4. The number of H-pyrrole nitrogens is 1. The van der Waals surface area contributed by atoms with E-state index >= 15 is 0 Å². The molecule has 2 heterocycles. The molecule has 0 saturated heterocycles. The highest BCUT2D eigenvalue weighted by Crippen LogP contribution is 2.24. The van der Waals surface area contributed by atoms with Gasteiger partial charge in [0.2, 0.25) is 5.62 Å². The molecule has 39 heavy (non-hydrogen) atoms. The summed E-state index contributed by atoms with van der Waals surface area (Å²) in [5.41, 5.74) is -1.78. The number of carbonyl (C=O) groups is 1. The van der Waals surface area contributed by atoms with Crippen molar-refractivity contribution in [2.75, 3.05) is 7.11 Å². The summed E-state index contributed by atoms with van der Waals surface area (Å²) in [5.74, 6) is -3.83. The third-order valence-electron chi connectivity index (χ3n) is 5.60. The normalized spacial score (nSPS) is 12.3. The number of benzene rings is 2. The van der Waals surface area contributed by atoms with Crippen LogP contribution in [0.1, 0.15) is 12.5 Å². The maximum absolute atomic E-state index is 14.4. The van der Waals surface area contributed by atoms with Gasteiger partial charge in [-0.3, -0.25) is 14.3 Å². The van der Waals surface area contributed by atoms with E-state index in [9.17, 15) is 27.6 Å². The maximum Gasteiger partial charge on any atom is 0.335 e. The molecule has 0 aliphatic carbocycles. The summed E-state index contributed by atoms with van der Waals surface area (Å²) in [6.45, 7) is 0.747. The zero-order valence-corrected chi connectivity index (χ0v) is 20.7. The van der Waals surface area contributed by atoms with Crippen LogP contribution in [-0.4, -0.2) is 32.2 Å². The minimum absolute atomic E-state index is 0.0456. The van der Waals surface area contributed by atoms with E-state index in [1.54, 1.807) is 0 Å². The van der Waals surface area contributed by atoms with E-state index < -0.39 is 47.3 Å². The van der Waals surface area contributed by atoms with Crippen molar-refractivity contribution in [3.63, 3.8) is 0 Å². The van der Waals surface area contributed by atoms with Crippen LogP contribution in [0.25, 0.3) is 0 Å². The highest BCUT2D eigenvalue weighted by Gasteiger charge is 2.19. The van der Waals surface area contributed by atoms with Gasteiger partial charge in [-0.1, -0.05) is 13.0 Å². The van der Waals surface area contributed by atoms with Gasteiger partial charge in [-0.2, -0.15) is 0 Å². The van der Waals surface area contributed by atoms with Crippen molar-refractivity contribution in [2.24, 2.45) is 10.9 Å². The molecule has 4 rings (SSSR count). The van der Waals surface area contributed by atoms with Gasteiger partial charge in [-0.15, -0.1) is 0 Å². The molecule has 0 unspecified atom stereocenters. The highest BCUT2D eigenvalue weighted by molar-refractivity contribution is 5.71. The Kier molecular flexibility index (Phi) is 8.08. The number of hydrogen-bond donors (Lipinski definition) is 1. The SMILES string of the molecule is COC(=O)[C@@H](C)Cn1c(=O)[nH]/c(=N\c2ccc(Oc3ncccc3F)cc2)n(Cc2ccc(F)cc2F)c1=O. The van der Waals surface area contributed by atoms with Crippen molar-refractivity contribution in [3.05, 3.63) is 110 Å². The molecular weight excluding hydrogens is 519 g/mol. The highest BCUT2D eigenvalue weighted by atomic mass is 19.1. The summed E-state index contributed by atoms with van der Waals surface area (Å²) in [4.78, 5) is 48.6. The zero-order valence-electron chi connectivity index (χ0n) is 20.7. The second kappa shape index (κ2) is 11.6. The van der Waals surface area contributed by atoms with Gasteiger partial charge in [0.1, 0.15) is 17.4 Å². The van der Waals surface area contributed by atoms with Gasteiger partial charge in [-0.05, 0) is 42.5 Å². The van der Waals surface area contributed by atoms with Crippen molar-refractivity contribution < 1.29 is 27.4 Å². The first-order chi connectivity index (χ1) is 18.7. The number of aromatic amines is 1. The number of nitrogens with one attached hydrogen (secondary N) is 1. The standard InChI is InChI=1S/C26H22F3N5O5/c1-15(23(35)38-2)13-34-25(36)32-24(33(26(34)37)14-16-5-6-17(27)12-21(16)29)31-18-7-9-19(10-8-18)39-22-20(28)4-3-11-30-22/h3-12,15H,13-14H2,1-2H3,(H,31,32,36)/t15-/m0/s1. The summed E-state index contributed by atoms with van der Waals surface area (Å²) >= 11 is 0. The Bertz CT molecular complexity index is 1700. The van der Waals surface area contributed by atoms with Crippen LogP contribution < -0.4 is 21.7 Å². The van der Waals surface area contributed by atoms with Crippen LogP contribution in [0.5, 0.6) is 11.6 Å². The first-order valence-electron chi connectivity index (χ1n) is 11.5. The Morgan fingerprint density at radius 2 is 1.79 bits per heavy atom. The van der Waals surface area contributed by atoms with Gasteiger partial charge in [0.05, 0.1) is 25.3 Å². The first kappa shape index (κ1) is 27.1. The van der Waals surface area contributed by atoms with E-state index in [-0.39, 0.29) is 35.0 Å². The molecule has 1 atom stereocenters. The molecule has 0 aliphatic heterocycles. The number of esters is 1. The lowest BCUT2D eigenvalue weighted by atomic mass is 10.2. The minimum Gasteiger partial charge on any atom is -0.469 e. The first-order valence-corrected chi connectivity index (χ1v) is 11.5. The number of ether oxygens (including phenoxy) is 2. The van der Waals surface area contributed by atoms with E-state index in [1.165, 1.54) is 56.6 Å². The second-order valence-corrected chi connectivity index (χ2v) is 8.39. The van der Waals surface area contributed by atoms with Gasteiger partial charge in [0.15, 0.2) is 5.82 Å². The molecule has 0 fully saturated rings. The van der Waals surface area contributed by atoms with Crippen LogP contribution in [-0.2, 0) is 22.6 Å². The van der Waals surface area contributed by atoms with Gasteiger partial charge in [0, 0.05) is 24.4 Å². The molecule has 2 aromatic carbocycles. The average Bonchev–Trinajstić information content (AvgIpc) is 2.91. The number of rotatable bonds is 8. The minimum atomic E-state index is -0.906. The molecule has 0 spiro atoms. The Hall–Kier alpha value is -4.94. The maximum atomic E-state index is 14.4. The number of halogens is 3. The van der Waals surface area contributed by atoms with E-state index in [0.29, 0.717) is 6.07 Å². The van der Waals surface area contributed by atoms with E-state index in [0.717, 1.165) is 21.3 Å². The number of carbonyl (C=O) groups excluding carboxylic acids is 1.